The molecule has 0 bridgehead atoms. The quantitative estimate of drug-likeness (QED) is 0.329. The van der Waals surface area contributed by atoms with E-state index in [1.54, 1.807) is 0 Å². The van der Waals surface area contributed by atoms with Crippen LogP contribution in [0.25, 0.3) is 39.2 Å². The molecule has 2 aromatic heterocycles. The van der Waals surface area contributed by atoms with E-state index < -0.39 is 0 Å². The van der Waals surface area contributed by atoms with E-state index in [0.29, 0.717) is 5.02 Å². The zero-order valence-corrected chi connectivity index (χ0v) is 15.8. The van der Waals surface area contributed by atoms with Crippen molar-refractivity contribution in [3.05, 3.63) is 108 Å². The van der Waals surface area contributed by atoms with Crippen LogP contribution in [0.5, 0.6) is 0 Å². The first-order valence-electron chi connectivity index (χ1n) is 9.17. The monoisotopic (exact) mass is 380 g/mol. The van der Waals surface area contributed by atoms with Gasteiger partial charge in [0.05, 0.1) is 5.69 Å². The van der Waals surface area contributed by atoms with Crippen LogP contribution in [0.3, 0.4) is 0 Å². The smallest absolute Gasteiger partial charge is 0.145 e. The number of fused-ring (bicyclic) bond motifs is 1. The summed E-state index contributed by atoms with van der Waals surface area (Å²) in [4.78, 5) is 4.94. The molecule has 2 nitrogen and oxygen atoms in total. The predicted molar refractivity (Wildman–Crippen MR) is 117 cm³/mol. The lowest BCUT2D eigenvalue weighted by Crippen LogP contribution is -1.90. The number of rotatable bonds is 3. The SMILES string of the molecule is Clc1cccc(-c2cn3cc(-c4ccccc4)cc(-c4ccccc4)c3n2)c1. The third-order valence-electron chi connectivity index (χ3n) is 4.86. The van der Waals surface area contributed by atoms with E-state index in [-0.39, 0.29) is 0 Å². The summed E-state index contributed by atoms with van der Waals surface area (Å²) in [6.45, 7) is 0. The Morgan fingerprint density at radius 2 is 1.29 bits per heavy atom. The van der Waals surface area contributed by atoms with Gasteiger partial charge in [-0.05, 0) is 34.9 Å². The van der Waals surface area contributed by atoms with Crippen molar-refractivity contribution < 1.29 is 0 Å². The molecule has 5 aromatic rings. The second kappa shape index (κ2) is 6.99. The van der Waals surface area contributed by atoms with Crippen LogP contribution in [0.1, 0.15) is 0 Å². The lowest BCUT2D eigenvalue weighted by atomic mass is 10.0. The molecular formula is C25H17ClN2. The molecule has 2 heterocycles. The predicted octanol–water partition coefficient (Wildman–Crippen LogP) is 6.99. The fourth-order valence-electron chi connectivity index (χ4n) is 3.50. The number of pyridine rings is 1. The van der Waals surface area contributed by atoms with Gasteiger partial charge in [0.1, 0.15) is 5.65 Å². The van der Waals surface area contributed by atoms with Gasteiger partial charge < -0.3 is 4.40 Å². The van der Waals surface area contributed by atoms with Crippen LogP contribution >= 0.6 is 11.6 Å². The lowest BCUT2D eigenvalue weighted by Gasteiger charge is -2.09. The Balaban J connectivity index is 1.77. The largest absolute Gasteiger partial charge is 0.305 e. The van der Waals surface area contributed by atoms with Crippen molar-refractivity contribution in [2.75, 3.05) is 0 Å². The van der Waals surface area contributed by atoms with E-state index in [1.165, 1.54) is 5.56 Å². The van der Waals surface area contributed by atoms with Crippen LogP contribution in [-0.2, 0) is 0 Å². The highest BCUT2D eigenvalue weighted by molar-refractivity contribution is 6.30. The molecule has 0 saturated heterocycles. The summed E-state index contributed by atoms with van der Waals surface area (Å²) >= 11 is 6.19. The zero-order chi connectivity index (χ0) is 18.9. The molecule has 0 radical (unpaired) electrons. The van der Waals surface area contributed by atoms with Gasteiger partial charge in [-0.2, -0.15) is 0 Å². The van der Waals surface area contributed by atoms with Gasteiger partial charge in [0.2, 0.25) is 0 Å². The van der Waals surface area contributed by atoms with E-state index in [1.807, 2.05) is 36.4 Å². The lowest BCUT2D eigenvalue weighted by molar-refractivity contribution is 1.19. The van der Waals surface area contributed by atoms with Crippen LogP contribution in [0.2, 0.25) is 5.02 Å². The molecule has 0 N–H and O–H groups in total. The van der Waals surface area contributed by atoms with Crippen molar-refractivity contribution >= 4 is 17.2 Å². The van der Waals surface area contributed by atoms with Gasteiger partial charge in [0.15, 0.2) is 0 Å². The van der Waals surface area contributed by atoms with Crippen LogP contribution in [0, 0.1) is 0 Å². The first-order valence-corrected chi connectivity index (χ1v) is 9.55. The molecular weight excluding hydrogens is 364 g/mol. The van der Waals surface area contributed by atoms with E-state index >= 15 is 0 Å². The first-order chi connectivity index (χ1) is 13.8. The Morgan fingerprint density at radius 3 is 2.00 bits per heavy atom. The molecule has 0 aliphatic heterocycles. The summed E-state index contributed by atoms with van der Waals surface area (Å²) in [5.74, 6) is 0. The molecule has 0 amide bonds. The standard InChI is InChI=1S/C25H17ClN2/c26-22-13-7-12-20(14-22)24-17-28-16-21(18-8-3-1-4-9-18)15-23(25(28)27-24)19-10-5-2-6-11-19/h1-17H. The molecule has 3 heteroatoms. The maximum atomic E-state index is 6.19. The highest BCUT2D eigenvalue weighted by Gasteiger charge is 2.12. The molecule has 3 aromatic carbocycles. The number of benzene rings is 3. The zero-order valence-electron chi connectivity index (χ0n) is 15.1. The molecule has 0 unspecified atom stereocenters. The molecule has 0 fully saturated rings. The van der Waals surface area contributed by atoms with Gasteiger partial charge in [-0.1, -0.05) is 84.4 Å². The van der Waals surface area contributed by atoms with Crippen LogP contribution in [0.15, 0.2) is 103 Å². The van der Waals surface area contributed by atoms with Gasteiger partial charge in [0, 0.05) is 28.5 Å². The highest BCUT2D eigenvalue weighted by atomic mass is 35.5. The molecule has 0 aliphatic rings. The molecule has 0 saturated carbocycles. The maximum absolute atomic E-state index is 6.19. The molecule has 5 rings (SSSR count). The van der Waals surface area contributed by atoms with Crippen LogP contribution < -0.4 is 0 Å². The Morgan fingerprint density at radius 1 is 0.607 bits per heavy atom. The Kier molecular flexibility index (Phi) is 4.19. The number of imidazole rings is 1. The van der Waals surface area contributed by atoms with Gasteiger partial charge >= 0.3 is 0 Å². The van der Waals surface area contributed by atoms with Gasteiger partial charge in [0.25, 0.3) is 0 Å². The summed E-state index contributed by atoms with van der Waals surface area (Å²) < 4.78 is 2.11. The van der Waals surface area contributed by atoms with Crippen LogP contribution in [0.4, 0.5) is 0 Å². The molecule has 0 spiro atoms. The van der Waals surface area contributed by atoms with E-state index in [0.717, 1.165) is 33.6 Å². The van der Waals surface area contributed by atoms with Crippen LogP contribution in [-0.4, -0.2) is 9.38 Å². The summed E-state index contributed by atoms with van der Waals surface area (Å²) in [6.07, 6.45) is 4.21. The second-order valence-corrected chi connectivity index (χ2v) is 7.18. The number of halogens is 1. The van der Waals surface area contributed by atoms with Crippen molar-refractivity contribution in [3.63, 3.8) is 0 Å². The summed E-state index contributed by atoms with van der Waals surface area (Å²) in [5.41, 5.74) is 7.44. The molecule has 0 aliphatic carbocycles. The number of hydrogen-bond donors (Lipinski definition) is 0. The summed E-state index contributed by atoms with van der Waals surface area (Å²) in [6, 6.07) is 30.8. The third-order valence-corrected chi connectivity index (χ3v) is 5.10. The third kappa shape index (κ3) is 3.08. The van der Waals surface area contributed by atoms with Gasteiger partial charge in [-0.15, -0.1) is 0 Å². The minimum Gasteiger partial charge on any atom is -0.305 e. The minimum atomic E-state index is 0.711. The Hall–Kier alpha value is -3.36. The fraction of sp³-hybridized carbons (Fsp3) is 0. The van der Waals surface area contributed by atoms with Crippen molar-refractivity contribution in [1.29, 1.82) is 0 Å². The normalized spacial score (nSPS) is 11.0. The summed E-state index contributed by atoms with van der Waals surface area (Å²) in [5, 5.41) is 0.711. The van der Waals surface area contributed by atoms with E-state index in [4.69, 9.17) is 16.6 Å². The molecule has 134 valence electrons. The van der Waals surface area contributed by atoms with Crippen molar-refractivity contribution in [3.8, 4) is 33.5 Å². The fourth-order valence-corrected chi connectivity index (χ4v) is 3.69. The van der Waals surface area contributed by atoms with E-state index in [2.05, 4.69) is 71.4 Å². The second-order valence-electron chi connectivity index (χ2n) is 6.74. The van der Waals surface area contributed by atoms with Crippen molar-refractivity contribution in [2.45, 2.75) is 0 Å². The number of hydrogen-bond acceptors (Lipinski definition) is 1. The Bertz CT molecular complexity index is 1260. The Labute approximate surface area is 168 Å². The molecule has 0 atom stereocenters. The minimum absolute atomic E-state index is 0.711. The average molecular weight is 381 g/mol. The topological polar surface area (TPSA) is 17.3 Å². The number of nitrogens with zero attached hydrogens (tertiary/aromatic N) is 2. The van der Waals surface area contributed by atoms with Crippen molar-refractivity contribution in [2.24, 2.45) is 0 Å². The van der Waals surface area contributed by atoms with Gasteiger partial charge in [-0.3, -0.25) is 0 Å². The summed E-state index contributed by atoms with van der Waals surface area (Å²) in [7, 11) is 0. The first kappa shape index (κ1) is 16.8. The van der Waals surface area contributed by atoms with E-state index in [9.17, 15) is 0 Å². The average Bonchev–Trinajstić information content (AvgIpc) is 3.19. The highest BCUT2D eigenvalue weighted by Crippen LogP contribution is 2.32. The number of aromatic nitrogens is 2. The van der Waals surface area contributed by atoms with Gasteiger partial charge in [-0.25, -0.2) is 4.98 Å². The van der Waals surface area contributed by atoms with Crippen molar-refractivity contribution in [1.82, 2.24) is 9.38 Å². The maximum Gasteiger partial charge on any atom is 0.145 e. The molecule has 28 heavy (non-hydrogen) atoms.